The second-order valence-electron chi connectivity index (χ2n) is 30.4. The van der Waals surface area contributed by atoms with E-state index in [9.17, 15) is 24.9 Å². The maximum absolute atomic E-state index is 14.9. The van der Waals surface area contributed by atoms with Gasteiger partial charge in [0, 0.05) is 42.6 Å². The van der Waals surface area contributed by atoms with Crippen LogP contribution in [-0.2, 0) is 30.9 Å². The van der Waals surface area contributed by atoms with E-state index in [2.05, 4.69) is 129 Å². The average molecular weight is 1130 g/mol. The number of benzene rings is 4. The Bertz CT molecular complexity index is 3420. The van der Waals surface area contributed by atoms with Gasteiger partial charge in [-0.2, -0.15) is 0 Å². The zero-order valence-electron chi connectivity index (χ0n) is 50.3. The van der Waals surface area contributed by atoms with Crippen LogP contribution in [0.15, 0.2) is 103 Å². The number of hydrogen-bond donors (Lipinski definition) is 3. The molecule has 2 heterocycles. The minimum atomic E-state index is -1.78. The van der Waals surface area contributed by atoms with Crippen molar-refractivity contribution in [3.63, 3.8) is 0 Å². The maximum atomic E-state index is 14.9. The molecule has 6 fully saturated rings. The maximum Gasteiger partial charge on any atom is 0.331 e. The third-order valence-electron chi connectivity index (χ3n) is 26.7. The number of aryl methyl sites for hydroxylation is 1. The lowest BCUT2D eigenvalue weighted by atomic mass is 9.34. The van der Waals surface area contributed by atoms with E-state index in [4.69, 9.17) is 9.47 Å². The fourth-order valence-electron chi connectivity index (χ4n) is 23.5. The van der Waals surface area contributed by atoms with Crippen LogP contribution in [0, 0.1) is 86.3 Å². The Balaban J connectivity index is 0.900. The van der Waals surface area contributed by atoms with Gasteiger partial charge in [0.15, 0.2) is 0 Å². The van der Waals surface area contributed by atoms with E-state index in [1.165, 1.54) is 79.7 Å². The average Bonchev–Trinajstić information content (AvgIpc) is 1.20. The van der Waals surface area contributed by atoms with Gasteiger partial charge >= 0.3 is 11.9 Å². The molecule has 4 aromatic carbocycles. The van der Waals surface area contributed by atoms with Crippen molar-refractivity contribution in [1.29, 1.82) is 0 Å². The number of aliphatic hydroxyl groups is 3. The van der Waals surface area contributed by atoms with Crippen LogP contribution in [0.5, 0.6) is 0 Å². The van der Waals surface area contributed by atoms with Crippen LogP contribution in [0.2, 0.25) is 0 Å². The molecule has 11 aliphatic rings. The summed E-state index contributed by atoms with van der Waals surface area (Å²) in [6.07, 6.45) is 18.9. The SMILES string of the molecule is CC(CCCc1ccccc1)CCC(O)C12C(O)CCC(C)(C3CC4c5cccc6ccc7c(c56)C5C(CC6(c8ccccc8)CCCCC76)C67CCC(CC#CC3CC45C6)C7)C1C1CC(C)(C#CCCC(=O)O1)C2(O)CCC1=CC(=O)OC1. The van der Waals surface area contributed by atoms with Crippen molar-refractivity contribution in [2.24, 2.45) is 62.6 Å². The van der Waals surface area contributed by atoms with E-state index in [0.29, 0.717) is 62.2 Å². The Hall–Kier alpha value is -5.18. The van der Waals surface area contributed by atoms with Gasteiger partial charge in [0.05, 0.1) is 35.1 Å². The van der Waals surface area contributed by atoms with Crippen molar-refractivity contribution in [3.05, 3.63) is 130 Å². The number of fused-ring (bicyclic) bond motifs is 9. The first-order valence-corrected chi connectivity index (χ1v) is 33.4. The highest BCUT2D eigenvalue weighted by molar-refractivity contribution is 5.93. The molecule has 0 radical (unpaired) electrons. The van der Waals surface area contributed by atoms with E-state index < -0.39 is 46.1 Å². The summed E-state index contributed by atoms with van der Waals surface area (Å²) in [5.41, 5.74) is 3.59. The van der Waals surface area contributed by atoms with Gasteiger partial charge in [-0.25, -0.2) is 4.79 Å². The molecule has 9 aliphatic carbocycles. The summed E-state index contributed by atoms with van der Waals surface area (Å²) in [6, 6.07) is 34.9. The second-order valence-corrected chi connectivity index (χ2v) is 30.4. The number of aliphatic hydroxyl groups excluding tert-OH is 2. The second kappa shape index (κ2) is 20.5. The van der Waals surface area contributed by atoms with Gasteiger partial charge in [0.25, 0.3) is 0 Å². The Morgan fingerprint density at radius 3 is 2.44 bits per heavy atom. The van der Waals surface area contributed by atoms with Crippen molar-refractivity contribution in [3.8, 4) is 23.7 Å². The summed E-state index contributed by atoms with van der Waals surface area (Å²) in [6.45, 7) is 6.89. The lowest BCUT2D eigenvalue weighted by Crippen LogP contribution is -2.79. The van der Waals surface area contributed by atoms with E-state index in [1.807, 2.05) is 6.92 Å². The Kier molecular flexibility index (Phi) is 13.5. The molecule has 3 N–H and O–H groups in total. The molecule has 2 aliphatic heterocycles. The van der Waals surface area contributed by atoms with Crippen LogP contribution in [0.25, 0.3) is 10.8 Å². The lowest BCUT2D eigenvalue weighted by Gasteiger charge is -2.72. The first-order valence-electron chi connectivity index (χ1n) is 33.4. The molecule has 6 bridgehead atoms. The number of rotatable bonds is 13. The largest absolute Gasteiger partial charge is 0.462 e. The predicted molar refractivity (Wildman–Crippen MR) is 328 cm³/mol. The van der Waals surface area contributed by atoms with Crippen LogP contribution < -0.4 is 0 Å². The molecule has 7 heteroatoms. The number of carbonyl (C=O) groups is 2. The monoisotopic (exact) mass is 1130 g/mol. The molecule has 0 aromatic heterocycles. The van der Waals surface area contributed by atoms with Crippen molar-refractivity contribution in [2.75, 3.05) is 6.61 Å². The van der Waals surface area contributed by atoms with Gasteiger partial charge in [-0.3, -0.25) is 4.79 Å². The van der Waals surface area contributed by atoms with E-state index in [0.717, 1.165) is 44.1 Å². The van der Waals surface area contributed by atoms with Crippen molar-refractivity contribution >= 4 is 22.7 Å². The van der Waals surface area contributed by atoms with Crippen molar-refractivity contribution in [2.45, 2.75) is 222 Å². The summed E-state index contributed by atoms with van der Waals surface area (Å²) in [7, 11) is 0. The van der Waals surface area contributed by atoms with Crippen LogP contribution in [0.1, 0.15) is 214 Å². The van der Waals surface area contributed by atoms with E-state index >= 15 is 0 Å². The predicted octanol–water partition coefficient (Wildman–Crippen LogP) is 14.9. The van der Waals surface area contributed by atoms with Crippen LogP contribution in [0.4, 0.5) is 0 Å². The molecule has 84 heavy (non-hydrogen) atoms. The van der Waals surface area contributed by atoms with E-state index in [-0.39, 0.29) is 77.7 Å². The van der Waals surface area contributed by atoms with Crippen molar-refractivity contribution < 1.29 is 34.4 Å². The third-order valence-corrected chi connectivity index (χ3v) is 26.7. The zero-order chi connectivity index (χ0) is 57.4. The molecule has 2 spiro atoms. The molecular formula is C77H90O7. The number of ether oxygens (including phenoxy) is 2. The third kappa shape index (κ3) is 8.08. The summed E-state index contributed by atoms with van der Waals surface area (Å²) in [4.78, 5) is 27.2. The lowest BCUT2D eigenvalue weighted by molar-refractivity contribution is -0.340. The zero-order valence-corrected chi connectivity index (χ0v) is 50.3. The molecule has 0 amide bonds. The fourth-order valence-corrected chi connectivity index (χ4v) is 23.5. The van der Waals surface area contributed by atoms with Crippen LogP contribution >= 0.6 is 0 Å². The Labute approximate surface area is 499 Å². The molecular weight excluding hydrogens is 1040 g/mol. The highest BCUT2D eigenvalue weighted by atomic mass is 16.5. The molecule has 19 atom stereocenters. The highest BCUT2D eigenvalue weighted by Gasteiger charge is 2.79. The first-order chi connectivity index (χ1) is 40.7. The topological polar surface area (TPSA) is 113 Å². The van der Waals surface area contributed by atoms with Gasteiger partial charge in [-0.1, -0.05) is 136 Å². The molecule has 0 saturated heterocycles. The van der Waals surface area contributed by atoms with E-state index in [1.54, 1.807) is 22.8 Å². The normalized spacial score (nSPS) is 41.7. The standard InChI is InChI=1S/C77H90O7/c1-49(17-14-20-50-18-6-4-7-19-50)29-32-63(78)77-64(79)35-38-72(3,70(77)62-46-71(2,36-12-11-28-65(80)84-62)76(77,82)40-34-52-41-66(81)83-47-52)59-42-60-56-26-16-22-53-30-31-57-58-27-10-13-37-74(58,55-24-8-5-9-25-55)45-61-69(68(57)67(53)56)75(60)44-54(59)23-15-21-51-33-39-73(61,43-51)48-75/h4-9,16,18-19,22,24-26,30-31,41,49,51,54,58-64,69-70,78-79,82H,10-11,13-14,17,20-21,27-29,32-35,37-40,42-48H2,1-3H3. The van der Waals surface area contributed by atoms with Gasteiger partial charge in [-0.05, 0) is 218 Å². The van der Waals surface area contributed by atoms with Gasteiger partial charge < -0.3 is 24.8 Å². The van der Waals surface area contributed by atoms with Gasteiger partial charge in [0.1, 0.15) is 12.7 Å². The van der Waals surface area contributed by atoms with Crippen LogP contribution in [0.3, 0.4) is 0 Å². The summed E-state index contributed by atoms with van der Waals surface area (Å²) >= 11 is 0. The minimum absolute atomic E-state index is 0.00715. The summed E-state index contributed by atoms with van der Waals surface area (Å²) < 4.78 is 12.5. The molecule has 6 saturated carbocycles. The smallest absolute Gasteiger partial charge is 0.331 e. The summed E-state index contributed by atoms with van der Waals surface area (Å²) in [5, 5.41) is 45.5. The van der Waals surface area contributed by atoms with Gasteiger partial charge in [-0.15, -0.1) is 11.8 Å². The number of cyclic esters (lactones) is 1. The molecule has 440 valence electrons. The van der Waals surface area contributed by atoms with Crippen LogP contribution in [-0.4, -0.2) is 57.8 Å². The number of esters is 2. The first kappa shape index (κ1) is 55.4. The number of hydrogen-bond acceptors (Lipinski definition) is 7. The molecule has 4 aromatic rings. The minimum Gasteiger partial charge on any atom is -0.462 e. The Morgan fingerprint density at radius 2 is 1.62 bits per heavy atom. The molecule has 7 nitrogen and oxygen atoms in total. The van der Waals surface area contributed by atoms with Crippen molar-refractivity contribution in [1.82, 2.24) is 0 Å². The highest BCUT2D eigenvalue weighted by Crippen LogP contribution is 2.82. The molecule has 19 unspecified atom stereocenters. The Morgan fingerprint density at radius 1 is 0.786 bits per heavy atom. The fraction of sp³-hybridized carbons (Fsp3) is 0.610. The van der Waals surface area contributed by atoms with Gasteiger partial charge in [0.2, 0.25) is 0 Å². The number of carbonyl (C=O) groups excluding carboxylic acids is 2. The summed E-state index contributed by atoms with van der Waals surface area (Å²) in [5.74, 6) is 16.4. The molecule has 15 rings (SSSR count). The quantitative estimate of drug-likeness (QED) is 0.0903.